The van der Waals surface area contributed by atoms with Crippen LogP contribution >= 0.6 is 11.8 Å². The van der Waals surface area contributed by atoms with E-state index >= 15 is 0 Å². The molecule has 0 radical (unpaired) electrons. The predicted molar refractivity (Wildman–Crippen MR) is 69.0 cm³/mol. The van der Waals surface area contributed by atoms with Crippen LogP contribution in [0.2, 0.25) is 0 Å². The van der Waals surface area contributed by atoms with E-state index in [0.717, 1.165) is 23.1 Å². The zero-order valence-corrected chi connectivity index (χ0v) is 10.4. The molecule has 0 aliphatic rings. The predicted octanol–water partition coefficient (Wildman–Crippen LogP) is 4.14. The van der Waals surface area contributed by atoms with E-state index in [9.17, 15) is 8.78 Å². The highest BCUT2D eigenvalue weighted by Gasteiger charge is 2.04. The van der Waals surface area contributed by atoms with Gasteiger partial charge in [0.2, 0.25) is 0 Å². The van der Waals surface area contributed by atoms with Crippen LogP contribution in [0.4, 0.5) is 8.78 Å². The summed E-state index contributed by atoms with van der Waals surface area (Å²) in [6, 6.07) is 13.0. The quantitative estimate of drug-likeness (QED) is 0.594. The molecular formula is C14H12F2OS. The Hall–Kier alpha value is -1.55. The molecule has 0 aliphatic heterocycles. The largest absolute Gasteiger partial charge is 0.490 e. The Bertz CT molecular complexity index is 502. The Morgan fingerprint density at radius 3 is 2.56 bits per heavy atom. The van der Waals surface area contributed by atoms with Gasteiger partial charge in [-0.25, -0.2) is 8.78 Å². The SMILES string of the molecule is Fc1ccc(F)c(OCCSc2ccccc2)c1. The fraction of sp³-hybridized carbons (Fsp3) is 0.143. The summed E-state index contributed by atoms with van der Waals surface area (Å²) in [6.45, 7) is 0.333. The summed E-state index contributed by atoms with van der Waals surface area (Å²) in [7, 11) is 0. The van der Waals surface area contributed by atoms with Crippen molar-refractivity contribution in [3.63, 3.8) is 0 Å². The fourth-order valence-electron chi connectivity index (χ4n) is 1.42. The topological polar surface area (TPSA) is 9.23 Å². The first-order valence-electron chi connectivity index (χ1n) is 5.51. The summed E-state index contributed by atoms with van der Waals surface area (Å²) < 4.78 is 31.3. The van der Waals surface area contributed by atoms with Gasteiger partial charge in [0, 0.05) is 16.7 Å². The Balaban J connectivity index is 1.80. The molecule has 0 fully saturated rings. The third-order valence-corrected chi connectivity index (χ3v) is 3.22. The highest BCUT2D eigenvalue weighted by molar-refractivity contribution is 7.99. The molecule has 0 unspecified atom stereocenters. The van der Waals surface area contributed by atoms with Crippen LogP contribution in [0.15, 0.2) is 53.4 Å². The number of rotatable bonds is 5. The van der Waals surface area contributed by atoms with Crippen molar-refractivity contribution in [3.8, 4) is 5.75 Å². The van der Waals surface area contributed by atoms with Crippen molar-refractivity contribution in [3.05, 3.63) is 60.2 Å². The van der Waals surface area contributed by atoms with Crippen molar-refractivity contribution in [1.29, 1.82) is 0 Å². The molecule has 0 saturated heterocycles. The maximum absolute atomic E-state index is 13.2. The first-order chi connectivity index (χ1) is 8.75. The van der Waals surface area contributed by atoms with Crippen molar-refractivity contribution in [1.82, 2.24) is 0 Å². The molecule has 0 aromatic heterocycles. The molecule has 2 aromatic rings. The lowest BCUT2D eigenvalue weighted by Crippen LogP contribution is -2.02. The first-order valence-corrected chi connectivity index (χ1v) is 6.50. The van der Waals surface area contributed by atoms with Crippen LogP contribution in [0.1, 0.15) is 0 Å². The van der Waals surface area contributed by atoms with E-state index in [2.05, 4.69) is 0 Å². The minimum atomic E-state index is -0.541. The average molecular weight is 266 g/mol. The molecule has 94 valence electrons. The molecule has 2 aromatic carbocycles. The van der Waals surface area contributed by atoms with E-state index in [4.69, 9.17) is 4.74 Å². The molecule has 0 amide bonds. The third kappa shape index (κ3) is 3.74. The Kier molecular flexibility index (Phi) is 4.59. The van der Waals surface area contributed by atoms with Gasteiger partial charge in [0.1, 0.15) is 5.82 Å². The standard InChI is InChI=1S/C14H12F2OS/c15-11-6-7-13(16)14(10-11)17-8-9-18-12-4-2-1-3-5-12/h1-7,10H,8-9H2. The van der Waals surface area contributed by atoms with Gasteiger partial charge < -0.3 is 4.74 Å². The number of halogens is 2. The minimum Gasteiger partial charge on any atom is -0.490 e. The summed E-state index contributed by atoms with van der Waals surface area (Å²) >= 11 is 1.61. The van der Waals surface area contributed by atoms with Gasteiger partial charge in [0.25, 0.3) is 0 Å². The normalized spacial score (nSPS) is 10.3. The van der Waals surface area contributed by atoms with Gasteiger partial charge in [0.15, 0.2) is 11.6 Å². The first kappa shape index (κ1) is 12.9. The molecule has 0 N–H and O–H groups in total. The molecule has 0 bridgehead atoms. The van der Waals surface area contributed by atoms with Crippen LogP contribution in [0.5, 0.6) is 5.75 Å². The van der Waals surface area contributed by atoms with E-state index in [1.54, 1.807) is 11.8 Å². The Morgan fingerprint density at radius 1 is 1.00 bits per heavy atom. The smallest absolute Gasteiger partial charge is 0.165 e. The molecular weight excluding hydrogens is 254 g/mol. The number of thioether (sulfide) groups is 1. The highest BCUT2D eigenvalue weighted by Crippen LogP contribution is 2.20. The summed E-state index contributed by atoms with van der Waals surface area (Å²) in [6.07, 6.45) is 0. The molecule has 0 aliphatic carbocycles. The van der Waals surface area contributed by atoms with Crippen molar-refractivity contribution >= 4 is 11.8 Å². The Labute approximate surface area is 109 Å². The third-order valence-electron chi connectivity index (χ3n) is 2.25. The number of benzene rings is 2. The van der Waals surface area contributed by atoms with E-state index in [0.29, 0.717) is 12.4 Å². The zero-order chi connectivity index (χ0) is 12.8. The van der Waals surface area contributed by atoms with Gasteiger partial charge in [-0.3, -0.25) is 0 Å². The number of ether oxygens (including phenoxy) is 1. The van der Waals surface area contributed by atoms with Gasteiger partial charge >= 0.3 is 0 Å². The fourth-order valence-corrected chi connectivity index (χ4v) is 2.17. The Morgan fingerprint density at radius 2 is 1.78 bits per heavy atom. The van der Waals surface area contributed by atoms with E-state index in [-0.39, 0.29) is 5.75 Å². The lowest BCUT2D eigenvalue weighted by atomic mass is 10.3. The van der Waals surface area contributed by atoms with Crippen LogP contribution in [0.25, 0.3) is 0 Å². The van der Waals surface area contributed by atoms with E-state index in [1.807, 2.05) is 30.3 Å². The van der Waals surface area contributed by atoms with Crippen LogP contribution < -0.4 is 4.74 Å². The maximum atomic E-state index is 13.2. The zero-order valence-electron chi connectivity index (χ0n) is 9.61. The van der Waals surface area contributed by atoms with Crippen LogP contribution in [0.3, 0.4) is 0 Å². The van der Waals surface area contributed by atoms with Crippen molar-refractivity contribution in [2.45, 2.75) is 4.90 Å². The summed E-state index contributed by atoms with van der Waals surface area (Å²) in [4.78, 5) is 1.13. The van der Waals surface area contributed by atoms with Crippen LogP contribution in [-0.2, 0) is 0 Å². The molecule has 0 atom stereocenters. The molecule has 0 saturated carbocycles. The molecule has 2 rings (SSSR count). The number of hydrogen-bond acceptors (Lipinski definition) is 2. The van der Waals surface area contributed by atoms with Crippen LogP contribution in [0, 0.1) is 11.6 Å². The molecule has 4 heteroatoms. The van der Waals surface area contributed by atoms with E-state index in [1.165, 1.54) is 0 Å². The van der Waals surface area contributed by atoms with Gasteiger partial charge in [0.05, 0.1) is 6.61 Å². The van der Waals surface area contributed by atoms with Crippen molar-refractivity contribution in [2.24, 2.45) is 0 Å². The van der Waals surface area contributed by atoms with Gasteiger partial charge in [-0.2, -0.15) is 0 Å². The maximum Gasteiger partial charge on any atom is 0.165 e. The van der Waals surface area contributed by atoms with Gasteiger partial charge in [-0.15, -0.1) is 11.8 Å². The second-order valence-electron chi connectivity index (χ2n) is 3.58. The second kappa shape index (κ2) is 6.40. The van der Waals surface area contributed by atoms with Crippen molar-refractivity contribution < 1.29 is 13.5 Å². The highest BCUT2D eigenvalue weighted by atomic mass is 32.2. The molecule has 18 heavy (non-hydrogen) atoms. The number of hydrogen-bond donors (Lipinski definition) is 0. The second-order valence-corrected chi connectivity index (χ2v) is 4.75. The summed E-state index contributed by atoms with van der Waals surface area (Å²) in [5.41, 5.74) is 0. The van der Waals surface area contributed by atoms with Crippen molar-refractivity contribution in [2.75, 3.05) is 12.4 Å². The molecule has 0 heterocycles. The minimum absolute atomic E-state index is 0.0383. The molecule has 1 nitrogen and oxygen atoms in total. The monoisotopic (exact) mass is 266 g/mol. The van der Waals surface area contributed by atoms with Gasteiger partial charge in [-0.05, 0) is 24.3 Å². The summed E-state index contributed by atoms with van der Waals surface area (Å²) in [5.74, 6) is -0.396. The summed E-state index contributed by atoms with van der Waals surface area (Å²) in [5, 5.41) is 0. The van der Waals surface area contributed by atoms with Crippen LogP contribution in [-0.4, -0.2) is 12.4 Å². The van der Waals surface area contributed by atoms with E-state index < -0.39 is 11.6 Å². The lowest BCUT2D eigenvalue weighted by molar-refractivity contribution is 0.322. The average Bonchev–Trinajstić information content (AvgIpc) is 2.40. The lowest BCUT2D eigenvalue weighted by Gasteiger charge is -2.07. The van der Waals surface area contributed by atoms with Gasteiger partial charge in [-0.1, -0.05) is 18.2 Å². The molecule has 0 spiro atoms.